The van der Waals surface area contributed by atoms with E-state index in [9.17, 15) is 8.42 Å². The van der Waals surface area contributed by atoms with Crippen LogP contribution < -0.4 is 10.0 Å². The normalized spacial score (nSPS) is 11.6. The first kappa shape index (κ1) is 16.0. The van der Waals surface area contributed by atoms with E-state index in [1.165, 1.54) is 21.2 Å². The molecule has 0 unspecified atom stereocenters. The molecular weight excluding hydrogens is 304 g/mol. The molecule has 2 rings (SSSR count). The SMILES string of the molecule is CCc1ccc(N(C)S(=O)(=O)c2c(C)csc2CN)cc1. The van der Waals surface area contributed by atoms with Crippen LogP contribution in [0.1, 0.15) is 22.9 Å². The first-order valence-corrected chi connectivity index (χ1v) is 9.08. The summed E-state index contributed by atoms with van der Waals surface area (Å²) in [6.07, 6.45) is 0.928. The third-order valence-corrected chi connectivity index (χ3v) is 6.77. The number of rotatable bonds is 5. The van der Waals surface area contributed by atoms with E-state index in [4.69, 9.17) is 5.73 Å². The van der Waals surface area contributed by atoms with Crippen molar-refractivity contribution >= 4 is 27.0 Å². The quantitative estimate of drug-likeness (QED) is 0.920. The summed E-state index contributed by atoms with van der Waals surface area (Å²) < 4.78 is 27.0. The van der Waals surface area contributed by atoms with Gasteiger partial charge in [-0.1, -0.05) is 19.1 Å². The second-order valence-electron chi connectivity index (χ2n) is 4.87. The molecule has 0 aliphatic carbocycles. The molecule has 1 aromatic heterocycles. The highest BCUT2D eigenvalue weighted by Gasteiger charge is 2.27. The minimum Gasteiger partial charge on any atom is -0.326 e. The molecule has 0 saturated heterocycles. The molecule has 1 aromatic carbocycles. The molecule has 21 heavy (non-hydrogen) atoms. The van der Waals surface area contributed by atoms with Crippen molar-refractivity contribution in [3.63, 3.8) is 0 Å². The smallest absolute Gasteiger partial charge is 0.265 e. The van der Waals surface area contributed by atoms with Crippen LogP contribution in [0.5, 0.6) is 0 Å². The maximum absolute atomic E-state index is 12.8. The van der Waals surface area contributed by atoms with Crippen LogP contribution in [0.15, 0.2) is 34.5 Å². The summed E-state index contributed by atoms with van der Waals surface area (Å²) in [5.74, 6) is 0. The Balaban J connectivity index is 2.44. The maximum atomic E-state index is 12.8. The zero-order valence-electron chi connectivity index (χ0n) is 12.5. The fraction of sp³-hybridized carbons (Fsp3) is 0.333. The van der Waals surface area contributed by atoms with E-state index in [-0.39, 0.29) is 6.54 Å². The van der Waals surface area contributed by atoms with Gasteiger partial charge in [0, 0.05) is 18.5 Å². The monoisotopic (exact) mass is 324 g/mol. The second kappa shape index (κ2) is 6.17. The lowest BCUT2D eigenvalue weighted by Crippen LogP contribution is -2.27. The van der Waals surface area contributed by atoms with Gasteiger partial charge < -0.3 is 5.73 Å². The summed E-state index contributed by atoms with van der Waals surface area (Å²) in [6, 6.07) is 7.57. The van der Waals surface area contributed by atoms with Crippen LogP contribution >= 0.6 is 11.3 Å². The van der Waals surface area contributed by atoms with Gasteiger partial charge in [0.05, 0.1) is 5.69 Å². The molecule has 0 radical (unpaired) electrons. The van der Waals surface area contributed by atoms with Crippen molar-refractivity contribution < 1.29 is 8.42 Å². The highest BCUT2D eigenvalue weighted by molar-refractivity contribution is 7.93. The summed E-state index contributed by atoms with van der Waals surface area (Å²) in [7, 11) is -2.00. The van der Waals surface area contributed by atoms with Crippen LogP contribution in [-0.4, -0.2) is 15.5 Å². The van der Waals surface area contributed by atoms with Crippen molar-refractivity contribution in [2.24, 2.45) is 5.73 Å². The summed E-state index contributed by atoms with van der Waals surface area (Å²) in [5.41, 5.74) is 8.25. The molecular formula is C15H20N2O2S2. The van der Waals surface area contributed by atoms with Gasteiger partial charge >= 0.3 is 0 Å². The molecule has 1 heterocycles. The fourth-order valence-electron chi connectivity index (χ4n) is 2.19. The topological polar surface area (TPSA) is 63.4 Å². The minimum absolute atomic E-state index is 0.232. The average molecular weight is 324 g/mol. The number of hydrogen-bond donors (Lipinski definition) is 1. The van der Waals surface area contributed by atoms with Gasteiger partial charge in [0.2, 0.25) is 0 Å². The van der Waals surface area contributed by atoms with Crippen molar-refractivity contribution in [2.45, 2.75) is 31.7 Å². The first-order chi connectivity index (χ1) is 9.91. The Hall–Kier alpha value is -1.37. The van der Waals surface area contributed by atoms with E-state index < -0.39 is 10.0 Å². The van der Waals surface area contributed by atoms with Gasteiger partial charge in [-0.25, -0.2) is 8.42 Å². The second-order valence-corrected chi connectivity index (χ2v) is 7.74. The fourth-order valence-corrected chi connectivity index (χ4v) is 5.04. The van der Waals surface area contributed by atoms with Crippen LogP contribution in [0, 0.1) is 6.92 Å². The zero-order chi connectivity index (χ0) is 15.6. The van der Waals surface area contributed by atoms with Crippen LogP contribution in [0.2, 0.25) is 0 Å². The van der Waals surface area contributed by atoms with Gasteiger partial charge in [0.15, 0.2) is 0 Å². The van der Waals surface area contributed by atoms with Crippen LogP contribution in [0.4, 0.5) is 5.69 Å². The zero-order valence-corrected chi connectivity index (χ0v) is 14.1. The van der Waals surface area contributed by atoms with E-state index in [0.717, 1.165) is 12.0 Å². The van der Waals surface area contributed by atoms with E-state index in [2.05, 4.69) is 6.92 Å². The summed E-state index contributed by atoms with van der Waals surface area (Å²) in [5, 5.41) is 1.84. The standard InChI is InChI=1S/C15H20N2O2S2/c1-4-12-5-7-13(8-6-12)17(3)21(18,19)15-11(2)10-20-14(15)9-16/h5-8,10H,4,9,16H2,1-3H3. The molecule has 0 aliphatic heterocycles. The number of hydrogen-bond acceptors (Lipinski definition) is 4. The highest BCUT2D eigenvalue weighted by atomic mass is 32.2. The number of aryl methyl sites for hydroxylation is 2. The van der Waals surface area contributed by atoms with E-state index in [0.29, 0.717) is 15.5 Å². The Labute approximate surface area is 130 Å². The molecule has 0 atom stereocenters. The maximum Gasteiger partial charge on any atom is 0.265 e. The summed E-state index contributed by atoms with van der Waals surface area (Å²) >= 11 is 1.39. The van der Waals surface area contributed by atoms with Crippen LogP contribution in [0.3, 0.4) is 0 Å². The molecule has 114 valence electrons. The third kappa shape index (κ3) is 2.97. The lowest BCUT2D eigenvalue weighted by atomic mass is 10.1. The molecule has 2 N–H and O–H groups in total. The number of anilines is 1. The van der Waals surface area contributed by atoms with Crippen molar-refractivity contribution in [3.8, 4) is 0 Å². The lowest BCUT2D eigenvalue weighted by molar-refractivity contribution is 0.593. The van der Waals surface area contributed by atoms with Crippen LogP contribution in [0.25, 0.3) is 0 Å². The molecule has 0 amide bonds. The summed E-state index contributed by atoms with van der Waals surface area (Å²) in [4.78, 5) is 1.04. The molecule has 6 heteroatoms. The molecule has 0 spiro atoms. The Morgan fingerprint density at radius 1 is 1.24 bits per heavy atom. The molecule has 0 fully saturated rings. The van der Waals surface area contributed by atoms with E-state index >= 15 is 0 Å². The number of sulfonamides is 1. The van der Waals surface area contributed by atoms with Gasteiger partial charge in [-0.05, 0) is 42.0 Å². The van der Waals surface area contributed by atoms with E-state index in [1.807, 2.05) is 29.6 Å². The Kier molecular flexibility index (Phi) is 4.70. The predicted molar refractivity (Wildman–Crippen MR) is 88.4 cm³/mol. The Morgan fingerprint density at radius 3 is 2.38 bits per heavy atom. The molecule has 4 nitrogen and oxygen atoms in total. The number of thiophene rings is 1. The molecule has 0 saturated carbocycles. The van der Waals surface area contributed by atoms with Crippen molar-refractivity contribution in [1.29, 1.82) is 0 Å². The lowest BCUT2D eigenvalue weighted by Gasteiger charge is -2.20. The Bertz CT molecular complexity index is 719. The first-order valence-electron chi connectivity index (χ1n) is 6.76. The number of nitrogens with two attached hydrogens (primary N) is 1. The van der Waals surface area contributed by atoms with Crippen molar-refractivity contribution in [3.05, 3.63) is 45.6 Å². The molecule has 2 aromatic rings. The minimum atomic E-state index is -3.58. The van der Waals surface area contributed by atoms with Crippen molar-refractivity contribution in [1.82, 2.24) is 0 Å². The van der Waals surface area contributed by atoms with E-state index in [1.54, 1.807) is 14.0 Å². The van der Waals surface area contributed by atoms with Gasteiger partial charge in [-0.3, -0.25) is 4.31 Å². The predicted octanol–water partition coefficient (Wildman–Crippen LogP) is 2.90. The van der Waals surface area contributed by atoms with Gasteiger partial charge in [-0.15, -0.1) is 11.3 Å². The number of nitrogens with zero attached hydrogens (tertiary/aromatic N) is 1. The van der Waals surface area contributed by atoms with Crippen molar-refractivity contribution in [2.75, 3.05) is 11.4 Å². The highest BCUT2D eigenvalue weighted by Crippen LogP contribution is 2.31. The summed E-state index contributed by atoms with van der Waals surface area (Å²) in [6.45, 7) is 4.10. The third-order valence-electron chi connectivity index (χ3n) is 3.50. The van der Waals surface area contributed by atoms with Gasteiger partial charge in [0.1, 0.15) is 4.90 Å². The van der Waals surface area contributed by atoms with Gasteiger partial charge in [-0.2, -0.15) is 0 Å². The van der Waals surface area contributed by atoms with Crippen LogP contribution in [-0.2, 0) is 23.0 Å². The Morgan fingerprint density at radius 2 is 1.86 bits per heavy atom. The van der Waals surface area contributed by atoms with Gasteiger partial charge in [0.25, 0.3) is 10.0 Å². The molecule has 0 bridgehead atoms. The average Bonchev–Trinajstić information content (AvgIpc) is 2.88. The largest absolute Gasteiger partial charge is 0.326 e. The number of benzene rings is 1. The molecule has 0 aliphatic rings.